The molecule has 6 heteroatoms. The largest absolute Gasteiger partial charge is 0.458 e. The van der Waals surface area contributed by atoms with Crippen LogP contribution in [-0.4, -0.2) is 55.7 Å². The number of esters is 1. The van der Waals surface area contributed by atoms with E-state index in [2.05, 4.69) is 53.8 Å². The third kappa shape index (κ3) is 6.21. The first-order chi connectivity index (χ1) is 16.4. The third-order valence-corrected chi connectivity index (χ3v) is 8.10. The minimum absolute atomic E-state index is 0.0158. The summed E-state index contributed by atoms with van der Waals surface area (Å²) in [7, 11) is 2.07. The van der Waals surface area contributed by atoms with E-state index in [1.54, 1.807) is 0 Å². The molecule has 0 spiro atoms. The summed E-state index contributed by atoms with van der Waals surface area (Å²) >= 11 is 0. The summed E-state index contributed by atoms with van der Waals surface area (Å²) < 4.78 is 5.80. The highest BCUT2D eigenvalue weighted by atomic mass is 16.5. The molecular formula is C28H44N4O2. The van der Waals surface area contributed by atoms with Crippen LogP contribution in [0, 0.1) is 11.8 Å². The normalized spacial score (nSPS) is 34.5. The van der Waals surface area contributed by atoms with E-state index in [0.717, 1.165) is 50.9 Å². The second-order valence-corrected chi connectivity index (χ2v) is 10.7. The van der Waals surface area contributed by atoms with Crippen LogP contribution in [0.3, 0.4) is 0 Å². The number of nitrogens with zero attached hydrogens (tertiary/aromatic N) is 1. The zero-order chi connectivity index (χ0) is 24.1. The Labute approximate surface area is 205 Å². The lowest BCUT2D eigenvalue weighted by atomic mass is 9.80. The Kier molecular flexibility index (Phi) is 8.67. The van der Waals surface area contributed by atoms with Crippen LogP contribution < -0.4 is 16.2 Å². The molecule has 4 aliphatic rings. The molecule has 4 unspecified atom stereocenters. The second-order valence-electron chi connectivity index (χ2n) is 10.7. The molecule has 0 bridgehead atoms. The molecule has 34 heavy (non-hydrogen) atoms. The number of piperidine rings is 1. The minimum Gasteiger partial charge on any atom is -0.458 e. The van der Waals surface area contributed by atoms with Gasteiger partial charge in [-0.05, 0) is 83.8 Å². The molecule has 5 atom stereocenters. The van der Waals surface area contributed by atoms with Crippen molar-refractivity contribution < 1.29 is 9.53 Å². The van der Waals surface area contributed by atoms with Crippen LogP contribution in [0.15, 0.2) is 47.2 Å². The third-order valence-electron chi connectivity index (χ3n) is 8.10. The van der Waals surface area contributed by atoms with E-state index >= 15 is 0 Å². The molecule has 0 amide bonds. The molecule has 188 valence electrons. The minimum atomic E-state index is -0.156. The molecule has 0 aromatic rings. The van der Waals surface area contributed by atoms with E-state index in [1.165, 1.54) is 36.1 Å². The van der Waals surface area contributed by atoms with Crippen LogP contribution in [0.4, 0.5) is 0 Å². The fraction of sp³-hybridized carbons (Fsp3) is 0.679. The fourth-order valence-corrected chi connectivity index (χ4v) is 5.96. The van der Waals surface area contributed by atoms with E-state index in [0.29, 0.717) is 24.4 Å². The molecule has 2 fully saturated rings. The van der Waals surface area contributed by atoms with Crippen molar-refractivity contribution in [3.63, 3.8) is 0 Å². The summed E-state index contributed by atoms with van der Waals surface area (Å²) in [6.07, 6.45) is 15.0. The van der Waals surface area contributed by atoms with Crippen molar-refractivity contribution in [3.05, 3.63) is 47.2 Å². The van der Waals surface area contributed by atoms with Gasteiger partial charge in [0.1, 0.15) is 6.10 Å². The summed E-state index contributed by atoms with van der Waals surface area (Å²) in [5.74, 6) is 0.562. The molecule has 4 rings (SSSR count). The monoisotopic (exact) mass is 468 g/mol. The Hall–Kier alpha value is -1.89. The van der Waals surface area contributed by atoms with E-state index in [4.69, 9.17) is 4.74 Å². The molecule has 0 radical (unpaired) electrons. The molecular weight excluding hydrogens is 424 g/mol. The van der Waals surface area contributed by atoms with Gasteiger partial charge in [-0.15, -0.1) is 0 Å². The van der Waals surface area contributed by atoms with Gasteiger partial charge in [-0.25, -0.2) is 10.2 Å². The predicted octanol–water partition coefficient (Wildman–Crippen LogP) is 3.99. The Morgan fingerprint density at radius 1 is 1.29 bits per heavy atom. The van der Waals surface area contributed by atoms with Crippen LogP contribution in [0.1, 0.15) is 65.2 Å². The van der Waals surface area contributed by atoms with Crippen LogP contribution in [0.5, 0.6) is 0 Å². The van der Waals surface area contributed by atoms with Gasteiger partial charge in [0.05, 0.1) is 0 Å². The summed E-state index contributed by atoms with van der Waals surface area (Å²) in [6.45, 7) is 11.4. The van der Waals surface area contributed by atoms with Crippen molar-refractivity contribution in [1.29, 1.82) is 0 Å². The van der Waals surface area contributed by atoms with Crippen LogP contribution >= 0.6 is 0 Å². The Morgan fingerprint density at radius 2 is 2.15 bits per heavy atom. The predicted molar refractivity (Wildman–Crippen MR) is 138 cm³/mol. The standard InChI is InChI=1S/C28H44N4O2/c1-5-21(28(33)34-24-14-15-32(4)18-24)16-23-10-7-9-22(13-12-19(23)2)25-17-29-31-27(25)26-11-6-8-20(3)30-26/h5,7,10,20,22-24,26,29-31H,2,6,8-9,11-18H2,1,3-4H3/b10-7+,21-5+/t20?,22?,23?,24-,26?/m0/s1. The lowest BCUT2D eigenvalue weighted by Crippen LogP contribution is -2.45. The molecule has 0 aromatic heterocycles. The van der Waals surface area contributed by atoms with Gasteiger partial charge >= 0.3 is 5.97 Å². The lowest BCUT2D eigenvalue weighted by molar-refractivity contribution is -0.143. The number of allylic oxidation sites excluding steroid dienone is 4. The average Bonchev–Trinajstić information content (AvgIpc) is 3.45. The second kappa shape index (κ2) is 11.7. The highest BCUT2D eigenvalue weighted by molar-refractivity contribution is 5.88. The van der Waals surface area contributed by atoms with Gasteiger partial charge in [0, 0.05) is 48.9 Å². The van der Waals surface area contributed by atoms with Crippen LogP contribution in [-0.2, 0) is 9.53 Å². The SMILES string of the molecule is C=C1CCC(C2=C(C3CCCC(C)N3)NNC2)C/C=C/C1C/C(=C\C)C(=O)O[C@H]1CCN(C)C1. The number of hydrogen-bond donors (Lipinski definition) is 3. The molecule has 3 N–H and O–H groups in total. The van der Waals surface area contributed by atoms with E-state index in [9.17, 15) is 4.79 Å². The quantitative estimate of drug-likeness (QED) is 0.311. The molecule has 1 aliphatic carbocycles. The maximum Gasteiger partial charge on any atom is 0.334 e. The number of rotatable bonds is 6. The summed E-state index contributed by atoms with van der Waals surface area (Å²) in [4.78, 5) is 15.0. The topological polar surface area (TPSA) is 65.6 Å². The van der Waals surface area contributed by atoms with Crippen molar-refractivity contribution in [2.45, 2.75) is 83.4 Å². The van der Waals surface area contributed by atoms with Gasteiger partial charge in [0.2, 0.25) is 0 Å². The molecule has 2 saturated heterocycles. The number of hydrogen-bond acceptors (Lipinski definition) is 6. The number of ether oxygens (including phenoxy) is 1. The van der Waals surface area contributed by atoms with Crippen LogP contribution in [0.2, 0.25) is 0 Å². The van der Waals surface area contributed by atoms with Gasteiger partial charge in [-0.3, -0.25) is 0 Å². The highest BCUT2D eigenvalue weighted by Gasteiger charge is 2.31. The van der Waals surface area contributed by atoms with Crippen molar-refractivity contribution in [2.24, 2.45) is 11.8 Å². The Balaban J connectivity index is 1.38. The van der Waals surface area contributed by atoms with Crippen molar-refractivity contribution in [2.75, 3.05) is 26.7 Å². The Bertz CT molecular complexity index is 845. The van der Waals surface area contributed by atoms with Crippen molar-refractivity contribution >= 4 is 5.97 Å². The highest BCUT2D eigenvalue weighted by Crippen LogP contribution is 2.35. The summed E-state index contributed by atoms with van der Waals surface area (Å²) in [6, 6.07) is 1.01. The van der Waals surface area contributed by atoms with Gasteiger partial charge < -0.3 is 20.4 Å². The lowest BCUT2D eigenvalue weighted by Gasteiger charge is -2.31. The van der Waals surface area contributed by atoms with E-state index < -0.39 is 0 Å². The molecule has 3 heterocycles. The first-order valence-electron chi connectivity index (χ1n) is 13.3. The van der Waals surface area contributed by atoms with Crippen molar-refractivity contribution in [1.82, 2.24) is 21.1 Å². The summed E-state index contributed by atoms with van der Waals surface area (Å²) in [5, 5.41) is 3.79. The van der Waals surface area contributed by atoms with E-state index in [-0.39, 0.29) is 18.0 Å². The zero-order valence-electron chi connectivity index (χ0n) is 21.4. The maximum absolute atomic E-state index is 12.8. The first kappa shape index (κ1) is 25.2. The maximum atomic E-state index is 12.8. The smallest absolute Gasteiger partial charge is 0.334 e. The Morgan fingerprint density at radius 3 is 2.88 bits per heavy atom. The summed E-state index contributed by atoms with van der Waals surface area (Å²) in [5.41, 5.74) is 11.8. The van der Waals surface area contributed by atoms with Gasteiger partial charge in [0.15, 0.2) is 0 Å². The number of hydrazine groups is 1. The van der Waals surface area contributed by atoms with E-state index in [1.807, 2.05) is 13.0 Å². The van der Waals surface area contributed by atoms with Crippen molar-refractivity contribution in [3.8, 4) is 0 Å². The van der Waals surface area contributed by atoms with Gasteiger partial charge in [-0.2, -0.15) is 0 Å². The average molecular weight is 469 g/mol. The van der Waals surface area contributed by atoms with Gasteiger partial charge in [0.25, 0.3) is 0 Å². The fourth-order valence-electron chi connectivity index (χ4n) is 5.96. The molecule has 3 aliphatic heterocycles. The van der Waals surface area contributed by atoms with Gasteiger partial charge in [-0.1, -0.05) is 30.4 Å². The molecule has 0 saturated carbocycles. The number of carbonyl (C=O) groups excluding carboxylic acids is 1. The number of nitrogens with one attached hydrogen (secondary N) is 3. The van der Waals surface area contributed by atoms with Crippen LogP contribution in [0.25, 0.3) is 0 Å². The first-order valence-corrected chi connectivity index (χ1v) is 13.3. The molecule has 6 nitrogen and oxygen atoms in total. The number of likely N-dealkylation sites (N-methyl/N-ethyl adjacent to an activating group) is 1. The number of carbonyl (C=O) groups is 1. The molecule has 0 aromatic carbocycles. The zero-order valence-corrected chi connectivity index (χ0v) is 21.4. The number of likely N-dealkylation sites (tertiary alicyclic amines) is 1.